The first-order valence-corrected chi connectivity index (χ1v) is 8.51. The largest absolute Gasteiger partial charge is 0.353 e. The van der Waals surface area contributed by atoms with E-state index in [9.17, 15) is 18.4 Å². The fourth-order valence-corrected chi connectivity index (χ4v) is 3.73. The third-order valence-corrected chi connectivity index (χ3v) is 4.53. The number of rotatable bonds is 5. The van der Waals surface area contributed by atoms with Crippen LogP contribution in [0.3, 0.4) is 0 Å². The number of amides is 2. The summed E-state index contributed by atoms with van der Waals surface area (Å²) < 4.78 is 27.5. The first-order valence-electron chi connectivity index (χ1n) is 8.51. The first kappa shape index (κ1) is 20.8. The van der Waals surface area contributed by atoms with Gasteiger partial charge >= 0.3 is 0 Å². The lowest BCUT2D eigenvalue weighted by Gasteiger charge is -2.47. The summed E-state index contributed by atoms with van der Waals surface area (Å²) in [5.41, 5.74) is -4.21. The minimum Gasteiger partial charge on any atom is -0.353 e. The van der Waals surface area contributed by atoms with Crippen molar-refractivity contribution in [3.8, 4) is 0 Å². The molecule has 140 valence electrons. The summed E-state index contributed by atoms with van der Waals surface area (Å²) in [5, 5.41) is 5.46. The molecule has 1 aliphatic rings. The van der Waals surface area contributed by atoms with E-state index in [-0.39, 0.29) is 16.9 Å². The molecule has 1 fully saturated rings. The van der Waals surface area contributed by atoms with E-state index in [2.05, 4.69) is 24.5 Å². The highest BCUT2D eigenvalue weighted by atomic mass is 19.1. The van der Waals surface area contributed by atoms with E-state index < -0.39 is 23.2 Å². The zero-order chi connectivity index (χ0) is 19.0. The molecule has 4 nitrogen and oxygen atoms in total. The van der Waals surface area contributed by atoms with Gasteiger partial charge in [-0.15, -0.1) is 0 Å². The van der Waals surface area contributed by atoms with Gasteiger partial charge in [-0.3, -0.25) is 9.59 Å². The molecule has 2 amide bonds. The number of hydrogen-bond donors (Lipinski definition) is 2. The van der Waals surface area contributed by atoms with Crippen LogP contribution in [-0.4, -0.2) is 35.7 Å². The van der Waals surface area contributed by atoms with Crippen LogP contribution in [-0.2, 0) is 9.59 Å². The lowest BCUT2D eigenvalue weighted by Crippen LogP contribution is -2.53. The average molecular weight is 346 g/mol. The van der Waals surface area contributed by atoms with E-state index in [1.165, 1.54) is 27.7 Å². The minimum absolute atomic E-state index is 0.0681. The molecular formula is C18H32F2N2O2. The van der Waals surface area contributed by atoms with Crippen LogP contribution in [0.2, 0.25) is 0 Å². The number of hydrogen-bond acceptors (Lipinski definition) is 2. The standard InChI is InChI=1S/C18H32F2N2O2/c1-15(2)8-12(22-14(24)17(5,6)20)9-18(7,10-15)11-21-13(23)16(3,4)19/h12H,8-11H2,1-7H3,(H,21,23)(H,22,24)/t12-,18-/m0/s1. The summed E-state index contributed by atoms with van der Waals surface area (Å²) in [6, 6.07) is -0.170. The molecule has 0 bridgehead atoms. The van der Waals surface area contributed by atoms with E-state index >= 15 is 0 Å². The van der Waals surface area contributed by atoms with Crippen LogP contribution in [0.5, 0.6) is 0 Å². The van der Waals surface area contributed by atoms with Crippen molar-refractivity contribution >= 4 is 11.8 Å². The molecule has 0 aromatic carbocycles. The van der Waals surface area contributed by atoms with Gasteiger partial charge < -0.3 is 10.6 Å². The van der Waals surface area contributed by atoms with E-state index in [0.29, 0.717) is 13.0 Å². The van der Waals surface area contributed by atoms with E-state index in [4.69, 9.17) is 0 Å². The molecule has 1 saturated carbocycles. The highest BCUT2D eigenvalue weighted by Gasteiger charge is 2.43. The highest BCUT2D eigenvalue weighted by Crippen LogP contribution is 2.46. The Morgan fingerprint density at radius 1 is 1.00 bits per heavy atom. The van der Waals surface area contributed by atoms with Crippen LogP contribution in [0.4, 0.5) is 8.78 Å². The molecule has 6 heteroatoms. The molecule has 0 spiro atoms. The molecule has 0 heterocycles. The van der Waals surface area contributed by atoms with Crippen LogP contribution in [0.1, 0.15) is 67.7 Å². The quantitative estimate of drug-likeness (QED) is 0.802. The fourth-order valence-electron chi connectivity index (χ4n) is 3.73. The van der Waals surface area contributed by atoms with Gasteiger partial charge in [-0.05, 0) is 57.8 Å². The summed E-state index contributed by atoms with van der Waals surface area (Å²) in [4.78, 5) is 23.7. The third-order valence-electron chi connectivity index (χ3n) is 4.53. The lowest BCUT2D eigenvalue weighted by molar-refractivity contribution is -0.133. The molecule has 1 aliphatic carbocycles. The Morgan fingerprint density at radius 3 is 1.96 bits per heavy atom. The Morgan fingerprint density at radius 2 is 1.50 bits per heavy atom. The molecule has 1 rings (SSSR count). The van der Waals surface area contributed by atoms with Gasteiger partial charge in [0.05, 0.1) is 0 Å². The molecule has 0 aliphatic heterocycles. The summed E-state index contributed by atoms with van der Waals surface area (Å²) >= 11 is 0. The molecule has 0 saturated heterocycles. The average Bonchev–Trinajstić information content (AvgIpc) is 2.31. The SMILES string of the molecule is CC1(C)C[C@H](NC(=O)C(C)(C)F)C[C@](C)(CNC(=O)C(C)(C)F)C1. The Kier molecular flexibility index (Phi) is 5.73. The Labute approximate surface area is 144 Å². The van der Waals surface area contributed by atoms with Crippen molar-refractivity contribution < 1.29 is 18.4 Å². The second kappa shape index (κ2) is 6.60. The number of carbonyl (C=O) groups is 2. The van der Waals surface area contributed by atoms with Gasteiger partial charge in [-0.25, -0.2) is 8.78 Å². The van der Waals surface area contributed by atoms with Gasteiger partial charge in [0.25, 0.3) is 11.8 Å². The third kappa shape index (κ3) is 6.02. The molecule has 0 unspecified atom stereocenters. The molecule has 2 atom stereocenters. The zero-order valence-corrected chi connectivity index (χ0v) is 16.0. The molecule has 0 aromatic rings. The second-order valence-electron chi connectivity index (χ2n) is 9.36. The fraction of sp³-hybridized carbons (Fsp3) is 0.889. The summed E-state index contributed by atoms with van der Waals surface area (Å²) in [5.74, 6) is -1.26. The van der Waals surface area contributed by atoms with Crippen LogP contribution in [0.25, 0.3) is 0 Å². The molecule has 0 radical (unpaired) electrons. The predicted molar refractivity (Wildman–Crippen MR) is 91.1 cm³/mol. The molecule has 24 heavy (non-hydrogen) atoms. The highest BCUT2D eigenvalue weighted by molar-refractivity contribution is 5.84. The van der Waals surface area contributed by atoms with E-state index in [1.54, 1.807) is 0 Å². The van der Waals surface area contributed by atoms with Crippen molar-refractivity contribution in [1.82, 2.24) is 10.6 Å². The van der Waals surface area contributed by atoms with Crippen molar-refractivity contribution in [1.29, 1.82) is 0 Å². The van der Waals surface area contributed by atoms with Gasteiger partial charge in [0, 0.05) is 12.6 Å². The maximum atomic E-state index is 13.8. The Hall–Kier alpha value is -1.20. The van der Waals surface area contributed by atoms with Crippen molar-refractivity contribution in [2.45, 2.75) is 85.1 Å². The Bertz CT molecular complexity index is 492. The smallest absolute Gasteiger partial charge is 0.257 e. The number of halogens is 2. The van der Waals surface area contributed by atoms with Crippen molar-refractivity contribution in [2.75, 3.05) is 6.54 Å². The summed E-state index contributed by atoms with van der Waals surface area (Å²) in [7, 11) is 0. The van der Waals surface area contributed by atoms with Gasteiger partial charge in [0.2, 0.25) is 0 Å². The van der Waals surface area contributed by atoms with Crippen LogP contribution in [0, 0.1) is 10.8 Å². The van der Waals surface area contributed by atoms with Gasteiger partial charge in [-0.1, -0.05) is 20.8 Å². The monoisotopic (exact) mass is 346 g/mol. The first-order chi connectivity index (χ1) is 10.5. The molecule has 2 N–H and O–H groups in total. The lowest BCUT2D eigenvalue weighted by atomic mass is 9.62. The van der Waals surface area contributed by atoms with E-state index in [0.717, 1.165) is 12.8 Å². The Balaban J connectivity index is 2.80. The van der Waals surface area contributed by atoms with Gasteiger partial charge in [0.15, 0.2) is 11.3 Å². The second-order valence-corrected chi connectivity index (χ2v) is 9.36. The maximum Gasteiger partial charge on any atom is 0.257 e. The van der Waals surface area contributed by atoms with Crippen LogP contribution >= 0.6 is 0 Å². The topological polar surface area (TPSA) is 58.2 Å². The summed E-state index contributed by atoms with van der Waals surface area (Å²) in [6.45, 7) is 11.4. The minimum atomic E-state index is -1.93. The number of alkyl halides is 2. The molecule has 0 aromatic heterocycles. The van der Waals surface area contributed by atoms with Crippen molar-refractivity contribution in [2.24, 2.45) is 10.8 Å². The van der Waals surface area contributed by atoms with Crippen LogP contribution in [0.15, 0.2) is 0 Å². The van der Waals surface area contributed by atoms with E-state index in [1.807, 2.05) is 6.92 Å². The number of carbonyl (C=O) groups excluding carboxylic acids is 2. The number of nitrogens with one attached hydrogen (secondary N) is 2. The van der Waals surface area contributed by atoms with Crippen molar-refractivity contribution in [3.05, 3.63) is 0 Å². The zero-order valence-electron chi connectivity index (χ0n) is 16.0. The van der Waals surface area contributed by atoms with Gasteiger partial charge in [0.1, 0.15) is 0 Å². The summed E-state index contributed by atoms with van der Waals surface area (Å²) in [6.07, 6.45) is 2.19. The van der Waals surface area contributed by atoms with Crippen molar-refractivity contribution in [3.63, 3.8) is 0 Å². The van der Waals surface area contributed by atoms with Gasteiger partial charge in [-0.2, -0.15) is 0 Å². The predicted octanol–water partition coefficient (Wildman–Crippen LogP) is 3.30. The van der Waals surface area contributed by atoms with Crippen LogP contribution < -0.4 is 10.6 Å². The maximum absolute atomic E-state index is 13.8. The molecular weight excluding hydrogens is 314 g/mol. The normalized spacial score (nSPS) is 27.5.